The molecule has 0 fully saturated rings. The quantitative estimate of drug-likeness (QED) is 0.0259. The number of aliphatic imine (C=N–C) groups is 1. The van der Waals surface area contributed by atoms with Gasteiger partial charge in [-0.25, -0.2) is 4.98 Å². The Morgan fingerprint density at radius 2 is 1.15 bits per heavy atom. The summed E-state index contributed by atoms with van der Waals surface area (Å²) in [6.07, 6.45) is 19.3. The number of carbonyl (C=O) groups is 8. The molecule has 2 aromatic rings. The largest absolute Gasteiger partial charge is 0.396 e. The summed E-state index contributed by atoms with van der Waals surface area (Å²) in [7, 11) is 0. The molecule has 2 rings (SSSR count). The highest BCUT2D eigenvalue weighted by Crippen LogP contribution is 2.18. The van der Waals surface area contributed by atoms with Crippen LogP contribution in [0.5, 0.6) is 0 Å². The van der Waals surface area contributed by atoms with E-state index in [2.05, 4.69) is 43.2 Å². The van der Waals surface area contributed by atoms with Crippen LogP contribution in [0, 0.1) is 23.7 Å². The number of hydrogen-bond acceptors (Lipinski definition) is 12. The molecule has 11 N–H and O–H groups in total. The van der Waals surface area contributed by atoms with Gasteiger partial charge in [0.05, 0.1) is 63.0 Å². The first kappa shape index (κ1) is 62.3. The highest BCUT2D eigenvalue weighted by atomic mass is 16.3. The monoisotopic (exact) mass is 1010 g/mol. The first-order valence-corrected chi connectivity index (χ1v) is 26.1. The number of carbonyl (C=O) groups excluding carboxylic acids is 8. The van der Waals surface area contributed by atoms with Crippen LogP contribution in [0.2, 0.25) is 0 Å². The Hall–Kier alpha value is -5.82. The average Bonchev–Trinajstić information content (AvgIpc) is 3.88. The fraction of sp³-hybridized carbons (Fsp3) is 0.660. The molecule has 0 radical (unpaired) electrons. The lowest BCUT2D eigenvalue weighted by Crippen LogP contribution is -2.46. The molecule has 0 aliphatic rings. The number of guanidine groups is 1. The van der Waals surface area contributed by atoms with E-state index in [1.807, 2.05) is 37.3 Å². The van der Waals surface area contributed by atoms with Crippen LogP contribution in [0.3, 0.4) is 0 Å². The van der Waals surface area contributed by atoms with Gasteiger partial charge in [0.2, 0.25) is 23.6 Å². The third kappa shape index (κ3) is 28.9. The number of nitrogens with two attached hydrogens (primary N) is 2. The summed E-state index contributed by atoms with van der Waals surface area (Å²) in [5, 5.41) is 30.1. The first-order chi connectivity index (χ1) is 34.6. The number of aliphatic hydroxyl groups excluding tert-OH is 2. The van der Waals surface area contributed by atoms with Gasteiger partial charge in [0.1, 0.15) is 0 Å². The second-order valence-corrected chi connectivity index (χ2v) is 19.1. The van der Waals surface area contributed by atoms with Crippen LogP contribution in [0.1, 0.15) is 154 Å². The highest BCUT2D eigenvalue weighted by molar-refractivity contribution is 5.95. The van der Waals surface area contributed by atoms with Gasteiger partial charge in [-0.05, 0) is 37.2 Å². The minimum absolute atomic E-state index is 0.00697. The van der Waals surface area contributed by atoms with Crippen LogP contribution in [0.25, 0.3) is 0 Å². The third-order valence-electron chi connectivity index (χ3n) is 12.6. The number of aliphatic hydroxyl groups is 2. The summed E-state index contributed by atoms with van der Waals surface area (Å²) in [4.78, 5) is 115. The van der Waals surface area contributed by atoms with Crippen molar-refractivity contribution in [3.8, 4) is 0 Å². The number of benzene rings is 1. The van der Waals surface area contributed by atoms with E-state index in [1.54, 1.807) is 0 Å². The molecule has 0 spiro atoms. The second kappa shape index (κ2) is 37.9. The van der Waals surface area contributed by atoms with Gasteiger partial charge >= 0.3 is 0 Å². The third-order valence-corrected chi connectivity index (χ3v) is 12.6. The minimum atomic E-state index is -1.27. The van der Waals surface area contributed by atoms with Gasteiger partial charge in [-0.3, -0.25) is 43.3 Å². The van der Waals surface area contributed by atoms with Crippen LogP contribution in [0.15, 0.2) is 47.8 Å². The van der Waals surface area contributed by atoms with Crippen molar-refractivity contribution in [3.05, 3.63) is 54.1 Å². The summed E-state index contributed by atoms with van der Waals surface area (Å²) >= 11 is 0. The summed E-state index contributed by atoms with van der Waals surface area (Å²) in [5.74, 6) is -7.66. The van der Waals surface area contributed by atoms with Crippen molar-refractivity contribution in [2.24, 2.45) is 40.1 Å². The van der Waals surface area contributed by atoms with Gasteiger partial charge in [-0.2, -0.15) is 0 Å². The van der Waals surface area contributed by atoms with E-state index in [0.717, 1.165) is 24.8 Å². The van der Waals surface area contributed by atoms with Crippen molar-refractivity contribution in [2.45, 2.75) is 161 Å². The van der Waals surface area contributed by atoms with E-state index < -0.39 is 91.6 Å². The fourth-order valence-corrected chi connectivity index (χ4v) is 8.31. The number of amides is 4. The van der Waals surface area contributed by atoms with E-state index in [9.17, 15) is 48.6 Å². The molecule has 0 saturated heterocycles. The lowest BCUT2D eigenvalue weighted by molar-refractivity contribution is -0.134. The molecule has 0 saturated carbocycles. The van der Waals surface area contributed by atoms with Crippen LogP contribution in [-0.4, -0.2) is 118 Å². The maximum Gasteiger partial charge on any atom is 0.226 e. The van der Waals surface area contributed by atoms with E-state index in [0.29, 0.717) is 37.9 Å². The van der Waals surface area contributed by atoms with E-state index in [4.69, 9.17) is 11.5 Å². The normalized spacial score (nSPS) is 13.2. The van der Waals surface area contributed by atoms with Crippen molar-refractivity contribution in [2.75, 3.05) is 39.4 Å². The standard InChI is InChI=1S/C53H85N9O10/c1-3-4-5-6-7-8-9-10-11-12-13-14-18-23-49(69)58-32-45(66)29-41(35-63)50(70)60-34-46(67)30-42(36-64)51(71)59-33-44(65)28-40(27-43-31-56-37-61-43)52(72)62-47(26-39-21-16-15-17-22-39)48(68)25-38(2)20-19-24-57-53(54)55/h15-17,21-22,31,37-38,40-42,47,63-64H,3-14,18-20,23-30,32-36H2,1-2H3,(H,56,61)(H,58,69)(H,59,71)(H,60,70)(H,62,72)(H4,54,55,57)/t38-,40?,41+,42+,47+/m1/s1. The number of aromatic nitrogens is 2. The SMILES string of the molecule is CCCCCCCCCCCCCCCC(=O)NCC(=O)C[C@@H](CO)C(=O)NCC(=O)C[C@@H](CO)C(=O)NCC(=O)CC(Cc1cnc[nH]1)C(=O)N[C@@H](Cc1ccccc1)C(=O)C[C@H](C)CCCN=C(N)N. The summed E-state index contributed by atoms with van der Waals surface area (Å²) in [5.41, 5.74) is 12.2. The van der Waals surface area contributed by atoms with Crippen LogP contribution in [-0.2, 0) is 51.2 Å². The topological polar surface area (TPSA) is 318 Å². The minimum Gasteiger partial charge on any atom is -0.396 e. The zero-order valence-electron chi connectivity index (χ0n) is 42.9. The van der Waals surface area contributed by atoms with Gasteiger partial charge in [-0.15, -0.1) is 0 Å². The Morgan fingerprint density at radius 1 is 0.639 bits per heavy atom. The molecule has 72 heavy (non-hydrogen) atoms. The molecule has 1 aromatic heterocycles. The maximum absolute atomic E-state index is 13.9. The second-order valence-electron chi connectivity index (χ2n) is 19.1. The van der Waals surface area contributed by atoms with Crippen LogP contribution < -0.4 is 32.7 Å². The predicted octanol–water partition coefficient (Wildman–Crippen LogP) is 3.87. The van der Waals surface area contributed by atoms with Crippen molar-refractivity contribution in [3.63, 3.8) is 0 Å². The molecule has 1 heterocycles. The van der Waals surface area contributed by atoms with Crippen molar-refractivity contribution >= 4 is 52.7 Å². The van der Waals surface area contributed by atoms with E-state index in [-0.39, 0.29) is 62.2 Å². The number of rotatable bonds is 43. The molecular weight excluding hydrogens is 923 g/mol. The van der Waals surface area contributed by atoms with Crippen LogP contribution >= 0.6 is 0 Å². The number of hydrogen-bond donors (Lipinski definition) is 9. The number of unbranched alkanes of at least 4 members (excludes halogenated alkanes) is 12. The van der Waals surface area contributed by atoms with E-state index >= 15 is 0 Å². The predicted molar refractivity (Wildman–Crippen MR) is 276 cm³/mol. The molecular formula is C53H85N9O10. The molecule has 4 amide bonds. The van der Waals surface area contributed by atoms with Gasteiger partial charge in [0, 0.05) is 57.0 Å². The molecule has 1 aromatic carbocycles. The first-order valence-electron chi connectivity index (χ1n) is 26.1. The Bertz CT molecular complexity index is 1940. The summed E-state index contributed by atoms with van der Waals surface area (Å²) < 4.78 is 0. The average molecular weight is 1010 g/mol. The Balaban J connectivity index is 1.82. The summed E-state index contributed by atoms with van der Waals surface area (Å²) in [6.45, 7) is 1.76. The fourth-order valence-electron chi connectivity index (χ4n) is 8.31. The van der Waals surface area contributed by atoms with Crippen molar-refractivity contribution < 1.29 is 48.6 Å². The number of nitrogens with zero attached hydrogens (tertiary/aromatic N) is 2. The molecule has 402 valence electrons. The molecule has 19 nitrogen and oxygen atoms in total. The Labute approximate surface area is 426 Å². The number of H-pyrrole nitrogens is 1. The number of aromatic amines is 1. The maximum atomic E-state index is 13.9. The van der Waals surface area contributed by atoms with Crippen molar-refractivity contribution in [1.29, 1.82) is 0 Å². The number of nitrogens with one attached hydrogen (secondary N) is 5. The Kier molecular flexibility index (Phi) is 32.8. The molecule has 19 heteroatoms. The molecule has 0 bridgehead atoms. The number of ketones is 4. The van der Waals surface area contributed by atoms with Crippen molar-refractivity contribution in [1.82, 2.24) is 31.2 Å². The lowest BCUT2D eigenvalue weighted by Gasteiger charge is -2.23. The molecule has 0 aliphatic heterocycles. The Morgan fingerprint density at radius 3 is 1.65 bits per heavy atom. The summed E-state index contributed by atoms with van der Waals surface area (Å²) in [6, 6.07) is 8.32. The highest BCUT2D eigenvalue weighted by Gasteiger charge is 2.30. The smallest absolute Gasteiger partial charge is 0.226 e. The van der Waals surface area contributed by atoms with Gasteiger partial charge in [-0.1, -0.05) is 121 Å². The molecule has 5 atom stereocenters. The van der Waals surface area contributed by atoms with Gasteiger partial charge in [0.15, 0.2) is 29.1 Å². The zero-order valence-corrected chi connectivity index (χ0v) is 42.9. The van der Waals surface area contributed by atoms with Crippen LogP contribution in [0.4, 0.5) is 0 Å². The van der Waals surface area contributed by atoms with Gasteiger partial charge < -0.3 is 47.9 Å². The van der Waals surface area contributed by atoms with E-state index in [1.165, 1.54) is 70.3 Å². The number of imidazole rings is 1. The molecule has 1 unspecified atom stereocenters. The molecule has 0 aliphatic carbocycles. The number of Topliss-reactive ketones (excluding diaryl/α,β-unsaturated/α-hetero) is 4. The zero-order chi connectivity index (χ0) is 52.9. The van der Waals surface area contributed by atoms with Gasteiger partial charge in [0.25, 0.3) is 0 Å². The lowest BCUT2D eigenvalue weighted by atomic mass is 9.91.